The predicted octanol–water partition coefficient (Wildman–Crippen LogP) is -1.80. The van der Waals surface area contributed by atoms with Crippen molar-refractivity contribution >= 4 is 15.7 Å². The highest BCUT2D eigenvalue weighted by atomic mass is 32.2. The summed E-state index contributed by atoms with van der Waals surface area (Å²) in [5, 5.41) is -0.583. The highest BCUT2D eigenvalue weighted by Crippen LogP contribution is 2.10. The normalized spacial score (nSPS) is 29.0. The number of nitrogens with zero attached hydrogens (tertiary/aromatic N) is 1. The molecule has 1 fully saturated rings. The topological polar surface area (TPSA) is 80.5 Å². The molecule has 0 spiro atoms. The molecule has 1 amide bonds. The summed E-state index contributed by atoms with van der Waals surface area (Å²) in [6.07, 6.45) is 0. The molecule has 0 aromatic rings. The maximum absolute atomic E-state index is 11.2. The first kappa shape index (κ1) is 9.47. The standard InChI is InChI=1S/C6H12N2O3S/c1-8-3-5(2-7)12(10,11)4-6(8)9/h5H,2-4,7H2,1H3. The summed E-state index contributed by atoms with van der Waals surface area (Å²) in [5.41, 5.74) is 5.27. The molecule has 12 heavy (non-hydrogen) atoms. The average molecular weight is 192 g/mol. The summed E-state index contributed by atoms with van der Waals surface area (Å²) in [6, 6.07) is 0. The summed E-state index contributed by atoms with van der Waals surface area (Å²) in [4.78, 5) is 12.4. The number of carbonyl (C=O) groups is 1. The van der Waals surface area contributed by atoms with E-state index in [1.165, 1.54) is 4.90 Å². The van der Waals surface area contributed by atoms with Gasteiger partial charge in [0.15, 0.2) is 9.84 Å². The Balaban J connectivity index is 2.87. The van der Waals surface area contributed by atoms with Gasteiger partial charge in [0.05, 0.1) is 5.25 Å². The maximum atomic E-state index is 11.2. The van der Waals surface area contributed by atoms with Gasteiger partial charge in [-0.05, 0) is 0 Å². The van der Waals surface area contributed by atoms with Gasteiger partial charge in [-0.1, -0.05) is 0 Å². The van der Waals surface area contributed by atoms with E-state index >= 15 is 0 Å². The second-order valence-corrected chi connectivity index (χ2v) is 5.22. The molecule has 1 unspecified atom stereocenters. The van der Waals surface area contributed by atoms with Crippen LogP contribution >= 0.6 is 0 Å². The van der Waals surface area contributed by atoms with Crippen LogP contribution in [0.15, 0.2) is 0 Å². The van der Waals surface area contributed by atoms with Crippen LogP contribution in [0.4, 0.5) is 0 Å². The average Bonchev–Trinajstić information content (AvgIpc) is 1.96. The van der Waals surface area contributed by atoms with Crippen LogP contribution in [0.3, 0.4) is 0 Å². The van der Waals surface area contributed by atoms with Gasteiger partial charge in [-0.25, -0.2) is 8.42 Å². The van der Waals surface area contributed by atoms with Crippen LogP contribution in [0.2, 0.25) is 0 Å². The van der Waals surface area contributed by atoms with Crippen LogP contribution in [0, 0.1) is 0 Å². The van der Waals surface area contributed by atoms with Crippen LogP contribution in [0.25, 0.3) is 0 Å². The zero-order valence-electron chi connectivity index (χ0n) is 6.86. The number of hydrogen-bond acceptors (Lipinski definition) is 4. The maximum Gasteiger partial charge on any atom is 0.237 e. The highest BCUT2D eigenvalue weighted by molar-refractivity contribution is 7.92. The van der Waals surface area contributed by atoms with Crippen molar-refractivity contribution in [2.45, 2.75) is 5.25 Å². The first-order chi connectivity index (χ1) is 5.47. The van der Waals surface area contributed by atoms with Crippen molar-refractivity contribution in [3.05, 3.63) is 0 Å². The van der Waals surface area contributed by atoms with Gasteiger partial charge in [-0.2, -0.15) is 0 Å². The number of nitrogens with two attached hydrogens (primary N) is 1. The zero-order valence-corrected chi connectivity index (χ0v) is 7.67. The molecule has 0 saturated carbocycles. The van der Waals surface area contributed by atoms with E-state index in [4.69, 9.17) is 5.73 Å². The Morgan fingerprint density at radius 2 is 2.25 bits per heavy atom. The largest absolute Gasteiger partial charge is 0.344 e. The Morgan fingerprint density at radius 3 is 2.75 bits per heavy atom. The Kier molecular flexibility index (Phi) is 2.39. The molecule has 5 nitrogen and oxygen atoms in total. The van der Waals surface area contributed by atoms with Crippen LogP contribution in [0.5, 0.6) is 0 Å². The molecule has 1 rings (SSSR count). The fourth-order valence-corrected chi connectivity index (χ4v) is 2.69. The van der Waals surface area contributed by atoms with Crippen LogP contribution in [-0.4, -0.2) is 50.4 Å². The lowest BCUT2D eigenvalue weighted by Gasteiger charge is -2.28. The first-order valence-corrected chi connectivity index (χ1v) is 5.34. The molecular weight excluding hydrogens is 180 g/mol. The fourth-order valence-electron chi connectivity index (χ4n) is 1.14. The number of hydrogen-bond donors (Lipinski definition) is 1. The van der Waals surface area contributed by atoms with Gasteiger partial charge in [0.1, 0.15) is 5.75 Å². The minimum atomic E-state index is -3.27. The molecule has 1 aliphatic heterocycles. The van der Waals surface area contributed by atoms with Crippen molar-refractivity contribution in [2.24, 2.45) is 5.73 Å². The van der Waals surface area contributed by atoms with E-state index in [0.717, 1.165) is 0 Å². The molecule has 6 heteroatoms. The second-order valence-electron chi connectivity index (χ2n) is 2.94. The minimum Gasteiger partial charge on any atom is -0.344 e. The molecule has 0 bridgehead atoms. The summed E-state index contributed by atoms with van der Waals surface area (Å²) in [6.45, 7) is 0.303. The van der Waals surface area contributed by atoms with Gasteiger partial charge in [0, 0.05) is 20.1 Å². The van der Waals surface area contributed by atoms with Gasteiger partial charge < -0.3 is 10.6 Å². The second kappa shape index (κ2) is 3.02. The van der Waals surface area contributed by atoms with Gasteiger partial charge in [0.2, 0.25) is 5.91 Å². The number of rotatable bonds is 1. The fraction of sp³-hybridized carbons (Fsp3) is 0.833. The molecule has 70 valence electrons. The van der Waals surface area contributed by atoms with E-state index in [0.29, 0.717) is 0 Å². The van der Waals surface area contributed by atoms with E-state index in [1.807, 2.05) is 0 Å². The lowest BCUT2D eigenvalue weighted by atomic mass is 10.4. The SMILES string of the molecule is CN1CC(CN)S(=O)(=O)CC1=O. The van der Waals surface area contributed by atoms with Crippen molar-refractivity contribution in [2.75, 3.05) is 25.9 Å². The van der Waals surface area contributed by atoms with Crippen molar-refractivity contribution in [3.8, 4) is 0 Å². The third-order valence-corrected chi connectivity index (χ3v) is 4.01. The quantitative estimate of drug-likeness (QED) is 0.531. The number of carbonyl (C=O) groups excluding carboxylic acids is 1. The molecule has 2 N–H and O–H groups in total. The molecule has 1 heterocycles. The van der Waals surface area contributed by atoms with Crippen LogP contribution in [0.1, 0.15) is 0 Å². The molecule has 0 aliphatic carbocycles. The van der Waals surface area contributed by atoms with Gasteiger partial charge in [0.25, 0.3) is 0 Å². The third-order valence-electron chi connectivity index (χ3n) is 2.00. The van der Waals surface area contributed by atoms with Gasteiger partial charge >= 0.3 is 0 Å². The van der Waals surface area contributed by atoms with Crippen molar-refractivity contribution < 1.29 is 13.2 Å². The monoisotopic (exact) mass is 192 g/mol. The summed E-state index contributed by atoms with van der Waals surface area (Å²) >= 11 is 0. The molecule has 0 aromatic carbocycles. The number of amides is 1. The molecule has 1 aliphatic rings. The van der Waals surface area contributed by atoms with Crippen molar-refractivity contribution in [3.63, 3.8) is 0 Å². The van der Waals surface area contributed by atoms with E-state index in [2.05, 4.69) is 0 Å². The molecule has 1 saturated heterocycles. The van der Waals surface area contributed by atoms with Gasteiger partial charge in [-0.15, -0.1) is 0 Å². The predicted molar refractivity (Wildman–Crippen MR) is 44.3 cm³/mol. The molecule has 0 aromatic heterocycles. The van der Waals surface area contributed by atoms with E-state index in [1.54, 1.807) is 7.05 Å². The zero-order chi connectivity index (χ0) is 9.35. The molecule has 1 atom stereocenters. The Labute approximate surface area is 71.4 Å². The van der Waals surface area contributed by atoms with E-state index in [-0.39, 0.29) is 19.0 Å². The number of sulfone groups is 1. The smallest absolute Gasteiger partial charge is 0.237 e. The van der Waals surface area contributed by atoms with Crippen LogP contribution < -0.4 is 5.73 Å². The Hall–Kier alpha value is -0.620. The van der Waals surface area contributed by atoms with E-state index < -0.39 is 20.8 Å². The Bertz CT molecular complexity index is 285. The minimum absolute atomic E-state index is 0.0833. The van der Waals surface area contributed by atoms with Crippen LogP contribution in [-0.2, 0) is 14.6 Å². The summed E-state index contributed by atoms with van der Waals surface area (Å²) in [5.74, 6) is -0.745. The third kappa shape index (κ3) is 1.59. The summed E-state index contributed by atoms with van der Waals surface area (Å²) < 4.78 is 22.5. The van der Waals surface area contributed by atoms with Crippen molar-refractivity contribution in [1.29, 1.82) is 0 Å². The highest BCUT2D eigenvalue weighted by Gasteiger charge is 2.34. The van der Waals surface area contributed by atoms with E-state index in [9.17, 15) is 13.2 Å². The van der Waals surface area contributed by atoms with Gasteiger partial charge in [-0.3, -0.25) is 4.79 Å². The first-order valence-electron chi connectivity index (χ1n) is 3.63. The Morgan fingerprint density at radius 1 is 1.67 bits per heavy atom. The molecule has 0 radical (unpaired) electrons. The summed E-state index contributed by atoms with van der Waals surface area (Å²) in [7, 11) is -1.69. The lowest BCUT2D eigenvalue weighted by Crippen LogP contribution is -2.51. The molecular formula is C6H12N2O3S. The lowest BCUT2D eigenvalue weighted by molar-refractivity contribution is -0.127. The van der Waals surface area contributed by atoms with Crippen molar-refractivity contribution in [1.82, 2.24) is 4.90 Å².